The van der Waals surface area contributed by atoms with E-state index in [2.05, 4.69) is 233 Å². The molecule has 0 atom stereocenters. The van der Waals surface area contributed by atoms with Gasteiger partial charge in [0.15, 0.2) is 16.6 Å². The minimum absolute atomic E-state index is 0. The van der Waals surface area contributed by atoms with Crippen molar-refractivity contribution in [2.45, 2.75) is 78.2 Å². The van der Waals surface area contributed by atoms with E-state index in [0.717, 1.165) is 0 Å². The Balaban J connectivity index is 0.000000283. The molecule has 0 aliphatic carbocycles. The van der Waals surface area contributed by atoms with Crippen molar-refractivity contribution in [3.05, 3.63) is 195 Å². The Morgan fingerprint density at radius 1 is 0.356 bits per heavy atom. The molecular formula is C52H60O2P2PtSi2. The van der Waals surface area contributed by atoms with Crippen LogP contribution in [0.1, 0.15) is 27.7 Å². The molecule has 0 fully saturated rings. The van der Waals surface area contributed by atoms with Gasteiger partial charge < -0.3 is 33.5 Å². The first-order valence-corrected chi connectivity index (χ1v) is 29.1. The summed E-state index contributed by atoms with van der Waals surface area (Å²) in [5.74, 6) is 4.72. The molecule has 0 heterocycles. The Bertz CT molecular complexity index is 1760. The van der Waals surface area contributed by atoms with Crippen LogP contribution < -0.4 is 31.8 Å². The van der Waals surface area contributed by atoms with Crippen LogP contribution >= 0.6 is 15.8 Å². The van der Waals surface area contributed by atoms with Crippen molar-refractivity contribution in [2.75, 3.05) is 0 Å². The van der Waals surface area contributed by atoms with Gasteiger partial charge in [-0.05, 0) is 115 Å². The van der Waals surface area contributed by atoms with Crippen molar-refractivity contribution in [3.8, 4) is 11.8 Å². The third-order valence-electron chi connectivity index (χ3n) is 7.81. The molecule has 59 heavy (non-hydrogen) atoms. The normalized spacial score (nSPS) is 11.2. The van der Waals surface area contributed by atoms with Crippen LogP contribution in [0.25, 0.3) is 0 Å². The Morgan fingerprint density at radius 3 is 0.610 bits per heavy atom. The zero-order valence-electron chi connectivity index (χ0n) is 36.3. The molecule has 0 amide bonds. The van der Waals surface area contributed by atoms with E-state index < -0.39 is 43.7 Å². The van der Waals surface area contributed by atoms with Crippen LogP contribution in [0.2, 0.25) is 39.3 Å². The molecule has 0 N–H and O–H groups in total. The zero-order valence-corrected chi connectivity index (χ0v) is 42.4. The Labute approximate surface area is 376 Å². The first-order chi connectivity index (χ1) is 27.4. The van der Waals surface area contributed by atoms with Gasteiger partial charge in [0, 0.05) is 0 Å². The summed E-state index contributed by atoms with van der Waals surface area (Å²) in [5.41, 5.74) is -0.991. The predicted octanol–water partition coefficient (Wildman–Crippen LogP) is 11.3. The van der Waals surface area contributed by atoms with Crippen molar-refractivity contribution in [2.24, 2.45) is 0 Å². The standard InChI is InChI=1S/2C18H15P.2C8H15OSi.Pt/c2*1-4-10-16(11-5-1)19(17-12-6-2-7-13-17)18-14-8-3-9-15-18;2*1-7-8(2,3)9-10(4,5)6;/h2*1-15H;2*2-6H3;/q;;2*-1;+2. The fourth-order valence-electron chi connectivity index (χ4n) is 5.94. The molecule has 0 saturated carbocycles. The summed E-state index contributed by atoms with van der Waals surface area (Å²) in [5, 5.41) is 8.39. The molecule has 0 aliphatic rings. The van der Waals surface area contributed by atoms with E-state index in [1.54, 1.807) is 0 Å². The Morgan fingerprint density at radius 2 is 0.508 bits per heavy atom. The molecule has 308 valence electrons. The first kappa shape index (κ1) is 51.5. The maximum atomic E-state index is 6.93. The number of hydrogen-bond acceptors (Lipinski definition) is 2. The molecule has 0 unspecified atom stereocenters. The molecule has 6 rings (SSSR count). The van der Waals surface area contributed by atoms with E-state index in [1.807, 2.05) is 27.7 Å². The van der Waals surface area contributed by atoms with Crippen LogP contribution in [0.4, 0.5) is 0 Å². The maximum Gasteiger partial charge on any atom is 2.00 e. The molecular weight excluding hydrogens is 970 g/mol. The summed E-state index contributed by atoms with van der Waals surface area (Å²) in [6, 6.07) is 64.7. The van der Waals surface area contributed by atoms with Crippen LogP contribution in [0.5, 0.6) is 0 Å². The van der Waals surface area contributed by atoms with Crippen LogP contribution in [0, 0.1) is 24.7 Å². The smallest absolute Gasteiger partial charge is 0.691 e. The number of rotatable bonds is 10. The molecule has 0 spiro atoms. The van der Waals surface area contributed by atoms with Crippen molar-refractivity contribution in [1.82, 2.24) is 0 Å². The monoisotopic (exact) mass is 1030 g/mol. The summed E-state index contributed by atoms with van der Waals surface area (Å²) in [4.78, 5) is 0. The number of hydrogen-bond donors (Lipinski definition) is 0. The van der Waals surface area contributed by atoms with Gasteiger partial charge in [-0.25, -0.2) is 0 Å². The minimum Gasteiger partial charge on any atom is -0.691 e. The third kappa shape index (κ3) is 20.0. The molecule has 2 nitrogen and oxygen atoms in total. The Hall–Kier alpha value is -3.66. The van der Waals surface area contributed by atoms with Gasteiger partial charge in [-0.1, -0.05) is 182 Å². The molecule has 0 aliphatic heterocycles. The second-order valence-electron chi connectivity index (χ2n) is 16.4. The predicted molar refractivity (Wildman–Crippen MR) is 262 cm³/mol. The van der Waals surface area contributed by atoms with Crippen LogP contribution in [0.15, 0.2) is 182 Å². The van der Waals surface area contributed by atoms with Crippen molar-refractivity contribution in [1.29, 1.82) is 0 Å². The van der Waals surface area contributed by atoms with Crippen molar-refractivity contribution in [3.63, 3.8) is 0 Å². The van der Waals surface area contributed by atoms with Gasteiger partial charge in [-0.3, -0.25) is 0 Å². The average Bonchev–Trinajstić information content (AvgIpc) is 3.20. The van der Waals surface area contributed by atoms with Gasteiger partial charge >= 0.3 is 21.1 Å². The van der Waals surface area contributed by atoms with Gasteiger partial charge in [-0.2, -0.15) is 0 Å². The van der Waals surface area contributed by atoms with Crippen LogP contribution in [-0.2, 0) is 29.9 Å². The molecule has 6 aromatic carbocycles. The van der Waals surface area contributed by atoms with Gasteiger partial charge in [0.25, 0.3) is 0 Å². The van der Waals surface area contributed by atoms with E-state index in [1.165, 1.54) is 31.8 Å². The summed E-state index contributed by atoms with van der Waals surface area (Å²) < 4.78 is 11.2. The third-order valence-corrected chi connectivity index (χ3v) is 14.9. The fraction of sp³-hybridized carbons (Fsp3) is 0.231. The zero-order chi connectivity index (χ0) is 42.7. The van der Waals surface area contributed by atoms with E-state index in [-0.39, 0.29) is 21.1 Å². The molecule has 7 heteroatoms. The van der Waals surface area contributed by atoms with E-state index in [9.17, 15) is 0 Å². The first-order valence-electron chi connectivity index (χ1n) is 19.6. The summed E-state index contributed by atoms with van der Waals surface area (Å²) in [7, 11) is -3.88. The topological polar surface area (TPSA) is 18.5 Å². The summed E-state index contributed by atoms with van der Waals surface area (Å²) >= 11 is 0. The minimum atomic E-state index is -1.50. The van der Waals surface area contributed by atoms with Gasteiger partial charge in [-0.15, -0.1) is 0 Å². The maximum absolute atomic E-state index is 6.93. The molecule has 0 saturated heterocycles. The molecule has 0 aromatic heterocycles. The largest absolute Gasteiger partial charge is 2.00 e. The second-order valence-corrected chi connectivity index (χ2v) is 29.7. The van der Waals surface area contributed by atoms with Crippen LogP contribution in [0.3, 0.4) is 0 Å². The fourth-order valence-corrected chi connectivity index (χ4v) is 13.7. The van der Waals surface area contributed by atoms with E-state index in [0.29, 0.717) is 0 Å². The van der Waals surface area contributed by atoms with Gasteiger partial charge in [0.05, 0.1) is 11.2 Å². The van der Waals surface area contributed by atoms with Crippen molar-refractivity contribution < 1.29 is 29.9 Å². The van der Waals surface area contributed by atoms with Crippen molar-refractivity contribution >= 4 is 64.3 Å². The van der Waals surface area contributed by atoms with Crippen LogP contribution in [-0.4, -0.2) is 27.8 Å². The Kier molecular flexibility index (Phi) is 22.0. The van der Waals surface area contributed by atoms with E-state index >= 15 is 0 Å². The van der Waals surface area contributed by atoms with Gasteiger partial charge in [0.1, 0.15) is 0 Å². The second kappa shape index (κ2) is 25.2. The molecule has 0 bridgehead atoms. The van der Waals surface area contributed by atoms with Gasteiger partial charge in [0.2, 0.25) is 0 Å². The summed E-state index contributed by atoms with van der Waals surface area (Å²) in [6.45, 7) is 20.1. The summed E-state index contributed by atoms with van der Waals surface area (Å²) in [6.07, 6.45) is 13.9. The molecule has 0 radical (unpaired) electrons. The average molecular weight is 1030 g/mol. The molecule has 6 aromatic rings. The number of benzene rings is 6. The van der Waals surface area contributed by atoms with E-state index in [4.69, 9.17) is 21.7 Å². The SMILES string of the molecule is [C-]#CC(C)(C)O[Si](C)(C)C.[C-]#CC(C)(C)O[Si](C)(C)C.[Pt+2].c1ccc(P(c2ccccc2)c2ccccc2)cc1.c1ccc(P(c2ccccc2)c2ccccc2)cc1. The quantitative estimate of drug-likeness (QED) is 0.0589.